The van der Waals surface area contributed by atoms with Crippen molar-refractivity contribution >= 4 is 11.8 Å². The van der Waals surface area contributed by atoms with Crippen molar-refractivity contribution in [1.82, 2.24) is 15.8 Å². The average Bonchev–Trinajstić information content (AvgIpc) is 3.22. The summed E-state index contributed by atoms with van der Waals surface area (Å²) in [6.45, 7) is 0.120. The number of halogens is 1. The van der Waals surface area contributed by atoms with Crippen molar-refractivity contribution < 1.29 is 41.7 Å². The summed E-state index contributed by atoms with van der Waals surface area (Å²) in [5, 5.41) is 9.41. The van der Waals surface area contributed by atoms with Gasteiger partial charge in [-0.1, -0.05) is 17.3 Å². The second-order valence-corrected chi connectivity index (χ2v) is 6.59. The Balaban J connectivity index is 0.00000363. The molecule has 1 heterocycles. The number of ether oxygens (including phenoxy) is 2. The molecule has 0 radical (unpaired) electrons. The summed E-state index contributed by atoms with van der Waals surface area (Å²) in [5.41, 5.74) is 6.47. The van der Waals surface area contributed by atoms with Gasteiger partial charge in [0.05, 0.1) is 32.9 Å². The maximum atomic E-state index is 12.4. The van der Waals surface area contributed by atoms with Crippen molar-refractivity contribution in [1.29, 1.82) is 0 Å². The Morgan fingerprint density at radius 3 is 1.97 bits per heavy atom. The van der Waals surface area contributed by atoms with Crippen molar-refractivity contribution in [2.45, 2.75) is 6.42 Å². The summed E-state index contributed by atoms with van der Waals surface area (Å²) >= 11 is 0. The van der Waals surface area contributed by atoms with Crippen LogP contribution in [-0.4, -0.2) is 44.4 Å². The molecule has 2 aromatic carbocycles. The van der Waals surface area contributed by atoms with Gasteiger partial charge in [-0.25, -0.2) is 0 Å². The van der Waals surface area contributed by atoms with Crippen LogP contribution in [0.1, 0.15) is 5.76 Å². The number of carbonyl (C=O) groups is 2. The molecule has 10 heteroatoms. The molecule has 0 aliphatic rings. The van der Waals surface area contributed by atoms with Crippen LogP contribution in [0.2, 0.25) is 0 Å². The smallest absolute Gasteiger partial charge is 0.276 e. The van der Waals surface area contributed by atoms with Crippen LogP contribution in [0.15, 0.2) is 53.1 Å². The Hall–Kier alpha value is -3.56. The lowest BCUT2D eigenvalue weighted by atomic mass is 9.98. The first-order chi connectivity index (χ1) is 15.0. The molecule has 5 N–H and O–H groups in total. The van der Waals surface area contributed by atoms with Crippen molar-refractivity contribution in [3.63, 3.8) is 0 Å². The van der Waals surface area contributed by atoms with Crippen LogP contribution in [0.4, 0.5) is 0 Å². The normalized spacial score (nSPS) is 10.1. The van der Waals surface area contributed by atoms with E-state index in [2.05, 4.69) is 21.5 Å². The second kappa shape index (κ2) is 11.7. The number of methoxy groups -OCH3 is 2. The van der Waals surface area contributed by atoms with Gasteiger partial charge in [-0.2, -0.15) is 0 Å². The van der Waals surface area contributed by atoms with Gasteiger partial charge in [-0.15, -0.1) is 0 Å². The Labute approximate surface area is 191 Å². The van der Waals surface area contributed by atoms with Gasteiger partial charge in [0.25, 0.3) is 5.91 Å². The lowest BCUT2D eigenvalue weighted by molar-refractivity contribution is -0.355. The van der Waals surface area contributed by atoms with Crippen molar-refractivity contribution in [3.05, 3.63) is 54.3 Å². The predicted molar refractivity (Wildman–Crippen MR) is 113 cm³/mol. The molecule has 9 nitrogen and oxygen atoms in total. The SMILES string of the molecule is COc1ccc(-c2noc(CC(=O)NCNC(=O)C[NH3+])c2-c2ccc(OC)cc2)cc1.[Cl-]. The molecule has 2 amide bonds. The van der Waals surface area contributed by atoms with Crippen molar-refractivity contribution in [2.24, 2.45) is 0 Å². The van der Waals surface area contributed by atoms with E-state index < -0.39 is 0 Å². The molecule has 3 rings (SSSR count). The fourth-order valence-corrected chi connectivity index (χ4v) is 2.98. The zero-order valence-electron chi connectivity index (χ0n) is 17.8. The highest BCUT2D eigenvalue weighted by molar-refractivity contribution is 5.87. The second-order valence-electron chi connectivity index (χ2n) is 6.59. The fraction of sp³-hybridized carbons (Fsp3) is 0.227. The van der Waals surface area contributed by atoms with Gasteiger partial charge in [0, 0.05) is 5.56 Å². The predicted octanol–water partition coefficient (Wildman–Crippen LogP) is -2.00. The molecule has 0 saturated carbocycles. The minimum atomic E-state index is -0.309. The number of rotatable bonds is 9. The molecule has 32 heavy (non-hydrogen) atoms. The highest BCUT2D eigenvalue weighted by Crippen LogP contribution is 2.36. The number of benzene rings is 2. The summed E-state index contributed by atoms with van der Waals surface area (Å²) < 4.78 is 16.0. The highest BCUT2D eigenvalue weighted by atomic mass is 35.5. The van der Waals surface area contributed by atoms with E-state index in [0.717, 1.165) is 16.9 Å². The van der Waals surface area contributed by atoms with Crippen molar-refractivity contribution in [3.8, 4) is 33.9 Å². The molecular weight excluding hydrogens is 436 g/mol. The average molecular weight is 461 g/mol. The van der Waals surface area contributed by atoms with Crippen LogP contribution in [0.5, 0.6) is 11.5 Å². The Bertz CT molecular complexity index is 1040. The van der Waals surface area contributed by atoms with Crippen LogP contribution in [0.3, 0.4) is 0 Å². The van der Waals surface area contributed by atoms with Gasteiger partial charge in [-0.05, 0) is 42.0 Å². The Kier molecular flexibility index (Phi) is 9.06. The quantitative estimate of drug-likeness (QED) is 0.317. The molecule has 0 aliphatic carbocycles. The third kappa shape index (κ3) is 5.99. The molecular formula is C22H25ClN4O5. The van der Waals surface area contributed by atoms with E-state index in [1.807, 2.05) is 48.5 Å². The first-order valence-corrected chi connectivity index (χ1v) is 9.65. The zero-order chi connectivity index (χ0) is 22.2. The minimum Gasteiger partial charge on any atom is -1.00 e. The van der Waals surface area contributed by atoms with E-state index >= 15 is 0 Å². The molecule has 0 spiro atoms. The van der Waals surface area contributed by atoms with E-state index in [9.17, 15) is 9.59 Å². The largest absolute Gasteiger partial charge is 1.00 e. The Morgan fingerprint density at radius 2 is 1.44 bits per heavy atom. The van der Waals surface area contributed by atoms with Gasteiger partial charge in [0.2, 0.25) is 5.91 Å². The van der Waals surface area contributed by atoms with Crippen LogP contribution >= 0.6 is 0 Å². The maximum Gasteiger partial charge on any atom is 0.276 e. The lowest BCUT2D eigenvalue weighted by Crippen LogP contribution is -3.00. The van der Waals surface area contributed by atoms with E-state index in [0.29, 0.717) is 22.8 Å². The molecule has 170 valence electrons. The zero-order valence-corrected chi connectivity index (χ0v) is 18.6. The molecule has 0 aliphatic heterocycles. The lowest BCUT2D eigenvalue weighted by Gasteiger charge is -2.08. The van der Waals surface area contributed by atoms with Crippen LogP contribution in [-0.2, 0) is 16.0 Å². The van der Waals surface area contributed by atoms with Crippen molar-refractivity contribution in [2.75, 3.05) is 27.4 Å². The number of hydrogen-bond acceptors (Lipinski definition) is 6. The van der Waals surface area contributed by atoms with Gasteiger partial charge in [-0.3, -0.25) is 9.59 Å². The molecule has 1 aromatic heterocycles. The van der Waals surface area contributed by atoms with Gasteiger partial charge >= 0.3 is 0 Å². The number of nitrogens with zero attached hydrogens (tertiary/aromatic N) is 1. The summed E-state index contributed by atoms with van der Waals surface area (Å²) in [7, 11) is 3.20. The number of amides is 2. The van der Waals surface area contributed by atoms with Gasteiger partial charge < -0.3 is 42.8 Å². The van der Waals surface area contributed by atoms with E-state index in [-0.39, 0.29) is 43.9 Å². The maximum absolute atomic E-state index is 12.4. The number of hydrogen-bond donors (Lipinski definition) is 3. The molecule has 0 fully saturated rings. The number of quaternary nitrogens is 1. The standard InChI is InChI=1S/C22H24N4O5.ClH/c1-29-16-7-3-14(4-8-16)21-18(11-19(27)24-13-25-20(28)12-23)31-26-22(21)15-5-9-17(30-2)10-6-15;/h3-10H,11-13,23H2,1-2H3,(H,24,27)(H,25,28);1H. The fourth-order valence-electron chi connectivity index (χ4n) is 2.98. The first-order valence-electron chi connectivity index (χ1n) is 9.65. The molecule has 0 unspecified atom stereocenters. The summed E-state index contributed by atoms with van der Waals surface area (Å²) in [6.07, 6.45) is -0.0369. The number of nitrogens with one attached hydrogen (secondary N) is 2. The molecule has 0 saturated heterocycles. The monoisotopic (exact) mass is 460 g/mol. The number of carbonyl (C=O) groups excluding carboxylic acids is 2. The third-order valence-corrected chi connectivity index (χ3v) is 4.62. The van der Waals surface area contributed by atoms with E-state index in [1.54, 1.807) is 14.2 Å². The Morgan fingerprint density at radius 1 is 0.906 bits per heavy atom. The number of aromatic nitrogens is 1. The first kappa shape index (κ1) is 24.7. The van der Waals surface area contributed by atoms with Crippen LogP contribution in [0.25, 0.3) is 22.4 Å². The van der Waals surface area contributed by atoms with Gasteiger partial charge in [0.15, 0.2) is 12.3 Å². The highest BCUT2D eigenvalue weighted by Gasteiger charge is 2.21. The third-order valence-electron chi connectivity index (χ3n) is 4.62. The summed E-state index contributed by atoms with van der Waals surface area (Å²) in [5.74, 6) is 1.29. The van der Waals surface area contributed by atoms with E-state index in [4.69, 9.17) is 14.0 Å². The molecule has 0 atom stereocenters. The minimum absolute atomic E-state index is 0. The van der Waals surface area contributed by atoms with Gasteiger partial charge in [0.1, 0.15) is 17.2 Å². The summed E-state index contributed by atoms with van der Waals surface area (Å²) in [6, 6.07) is 14.8. The molecule has 3 aromatic rings. The van der Waals surface area contributed by atoms with Crippen LogP contribution < -0.4 is 38.2 Å². The van der Waals surface area contributed by atoms with E-state index in [1.165, 1.54) is 0 Å². The topological polar surface area (TPSA) is 130 Å². The molecule has 0 bridgehead atoms. The van der Waals surface area contributed by atoms with Crippen LogP contribution in [0, 0.1) is 0 Å². The summed E-state index contributed by atoms with van der Waals surface area (Å²) in [4.78, 5) is 23.7.